The molecule has 0 aliphatic carbocycles. The Kier molecular flexibility index (Phi) is 3.83. The number of nitrogens with one attached hydrogen (secondary N) is 1. The third-order valence-electron chi connectivity index (χ3n) is 3.69. The van der Waals surface area contributed by atoms with Crippen LogP contribution in [0.5, 0.6) is 0 Å². The van der Waals surface area contributed by atoms with E-state index in [4.69, 9.17) is 16.3 Å². The van der Waals surface area contributed by atoms with Crippen LogP contribution < -0.4 is 5.32 Å². The topological polar surface area (TPSA) is 38.3 Å². The zero-order valence-corrected chi connectivity index (χ0v) is 12.8. The summed E-state index contributed by atoms with van der Waals surface area (Å²) in [7, 11) is 0. The fraction of sp³-hybridized carbons (Fsp3) is 0.500. The van der Waals surface area contributed by atoms with Gasteiger partial charge in [0.15, 0.2) is 0 Å². The number of anilines is 1. The maximum Gasteiger partial charge on any atom is 0.228 e. The number of benzene rings is 1. The predicted molar refractivity (Wildman–Crippen MR) is 79.0 cm³/mol. The molecule has 102 valence electrons. The van der Waals surface area contributed by atoms with Crippen LogP contribution in [0.1, 0.15) is 35.2 Å². The molecule has 3 nitrogen and oxygen atoms in total. The molecular weight excluding hydrogens is 330 g/mol. The van der Waals surface area contributed by atoms with E-state index < -0.39 is 0 Å². The molecule has 0 aromatic heterocycles. The van der Waals surface area contributed by atoms with Crippen molar-refractivity contribution in [1.29, 1.82) is 0 Å². The molecule has 2 unspecified atom stereocenters. The minimum Gasteiger partial charge on any atom is -0.377 e. The number of amides is 1. The number of carbonyl (C=O) groups is 1. The van der Waals surface area contributed by atoms with Crippen LogP contribution >= 0.6 is 27.5 Å². The first-order chi connectivity index (χ1) is 9.15. The third-order valence-corrected chi connectivity index (χ3v) is 5.10. The SMILES string of the molecule is O=C1Cc2cc(C(Br)C3CCCCO3)c(Cl)cc2N1. The maximum atomic E-state index is 11.4. The van der Waals surface area contributed by atoms with Crippen molar-refractivity contribution in [2.45, 2.75) is 36.6 Å². The van der Waals surface area contributed by atoms with Crippen LogP contribution in [-0.2, 0) is 16.0 Å². The fourth-order valence-corrected chi connectivity index (χ4v) is 3.88. The van der Waals surface area contributed by atoms with Gasteiger partial charge >= 0.3 is 0 Å². The highest BCUT2D eigenvalue weighted by Gasteiger charge is 2.28. The molecule has 1 N–H and O–H groups in total. The molecule has 1 amide bonds. The zero-order valence-electron chi connectivity index (χ0n) is 10.4. The van der Waals surface area contributed by atoms with Crippen molar-refractivity contribution >= 4 is 39.1 Å². The lowest BCUT2D eigenvalue weighted by molar-refractivity contribution is -0.115. The van der Waals surface area contributed by atoms with Crippen LogP contribution in [0.25, 0.3) is 0 Å². The Labute approximate surface area is 125 Å². The summed E-state index contributed by atoms with van der Waals surface area (Å²) in [5.41, 5.74) is 2.87. The molecule has 0 saturated carbocycles. The van der Waals surface area contributed by atoms with Gasteiger partial charge in [0.05, 0.1) is 17.4 Å². The van der Waals surface area contributed by atoms with E-state index in [0.29, 0.717) is 11.4 Å². The average Bonchev–Trinajstić information content (AvgIpc) is 2.77. The fourth-order valence-electron chi connectivity index (χ4n) is 2.68. The van der Waals surface area contributed by atoms with Gasteiger partial charge in [-0.25, -0.2) is 0 Å². The van der Waals surface area contributed by atoms with Crippen molar-refractivity contribution in [1.82, 2.24) is 0 Å². The quantitative estimate of drug-likeness (QED) is 0.828. The second-order valence-corrected chi connectivity index (χ2v) is 6.46. The molecule has 0 radical (unpaired) electrons. The van der Waals surface area contributed by atoms with E-state index in [1.807, 2.05) is 12.1 Å². The minimum atomic E-state index is 0.0308. The molecule has 2 atom stereocenters. The van der Waals surface area contributed by atoms with Crippen LogP contribution in [0.2, 0.25) is 5.02 Å². The van der Waals surface area contributed by atoms with Crippen LogP contribution in [0, 0.1) is 0 Å². The number of rotatable bonds is 2. The van der Waals surface area contributed by atoms with E-state index in [0.717, 1.165) is 36.3 Å². The summed E-state index contributed by atoms with van der Waals surface area (Å²) in [4.78, 5) is 11.5. The molecule has 2 heterocycles. The number of halogens is 2. The van der Waals surface area contributed by atoms with Gasteiger partial charge in [-0.2, -0.15) is 0 Å². The zero-order chi connectivity index (χ0) is 13.4. The van der Waals surface area contributed by atoms with Crippen LogP contribution in [0.3, 0.4) is 0 Å². The summed E-state index contributed by atoms with van der Waals surface area (Å²) in [6, 6.07) is 3.86. The van der Waals surface area contributed by atoms with E-state index in [1.54, 1.807) is 0 Å². The highest BCUT2D eigenvalue weighted by atomic mass is 79.9. The van der Waals surface area contributed by atoms with Gasteiger partial charge in [-0.15, -0.1) is 0 Å². The maximum absolute atomic E-state index is 11.4. The first kappa shape index (κ1) is 13.4. The molecular formula is C14H15BrClNO2. The lowest BCUT2D eigenvalue weighted by Crippen LogP contribution is -2.23. The van der Waals surface area contributed by atoms with E-state index in [2.05, 4.69) is 21.2 Å². The number of alkyl halides is 1. The summed E-state index contributed by atoms with van der Waals surface area (Å²) in [5, 5.41) is 3.49. The van der Waals surface area contributed by atoms with Crippen LogP contribution in [0.4, 0.5) is 5.69 Å². The van der Waals surface area contributed by atoms with Crippen molar-refractivity contribution < 1.29 is 9.53 Å². The van der Waals surface area contributed by atoms with Gasteiger partial charge < -0.3 is 10.1 Å². The summed E-state index contributed by atoms with van der Waals surface area (Å²) in [6.45, 7) is 0.815. The van der Waals surface area contributed by atoms with Gasteiger partial charge in [0, 0.05) is 17.3 Å². The Morgan fingerprint density at radius 2 is 2.26 bits per heavy atom. The molecule has 1 aromatic carbocycles. The predicted octanol–water partition coefficient (Wildman–Crippen LogP) is 3.84. The van der Waals surface area contributed by atoms with Crippen molar-refractivity contribution in [3.63, 3.8) is 0 Å². The van der Waals surface area contributed by atoms with E-state index >= 15 is 0 Å². The smallest absolute Gasteiger partial charge is 0.228 e. The first-order valence-corrected chi connectivity index (χ1v) is 7.82. The summed E-state index contributed by atoms with van der Waals surface area (Å²) < 4.78 is 5.80. The van der Waals surface area contributed by atoms with Gasteiger partial charge in [0.25, 0.3) is 0 Å². The molecule has 0 bridgehead atoms. The summed E-state index contributed by atoms with van der Waals surface area (Å²) >= 11 is 10.0. The highest BCUT2D eigenvalue weighted by Crippen LogP contribution is 2.40. The number of hydrogen-bond acceptors (Lipinski definition) is 2. The summed E-state index contributed by atoms with van der Waals surface area (Å²) in [5.74, 6) is 0.0308. The van der Waals surface area contributed by atoms with Crippen LogP contribution in [0.15, 0.2) is 12.1 Å². The third kappa shape index (κ3) is 2.67. The Bertz CT molecular complexity index is 514. The molecule has 1 aromatic rings. The lowest BCUT2D eigenvalue weighted by Gasteiger charge is -2.28. The normalized spacial score (nSPS) is 23.9. The molecule has 3 rings (SSSR count). The number of ether oxygens (including phenoxy) is 1. The molecule has 19 heavy (non-hydrogen) atoms. The van der Waals surface area contributed by atoms with Crippen molar-refractivity contribution in [3.05, 3.63) is 28.3 Å². The number of hydrogen-bond donors (Lipinski definition) is 1. The Morgan fingerprint density at radius 3 is 3.00 bits per heavy atom. The molecule has 2 aliphatic rings. The molecule has 2 aliphatic heterocycles. The van der Waals surface area contributed by atoms with Gasteiger partial charge in [-0.05, 0) is 36.5 Å². The summed E-state index contributed by atoms with van der Waals surface area (Å²) in [6.07, 6.45) is 3.96. The molecule has 5 heteroatoms. The van der Waals surface area contributed by atoms with Gasteiger partial charge in [0.1, 0.15) is 0 Å². The highest BCUT2D eigenvalue weighted by molar-refractivity contribution is 9.09. The van der Waals surface area contributed by atoms with Gasteiger partial charge in [-0.3, -0.25) is 4.79 Å². The monoisotopic (exact) mass is 343 g/mol. The van der Waals surface area contributed by atoms with E-state index in [1.165, 1.54) is 6.42 Å². The lowest BCUT2D eigenvalue weighted by atomic mass is 9.99. The Hall–Kier alpha value is -0.580. The van der Waals surface area contributed by atoms with E-state index in [-0.39, 0.29) is 16.8 Å². The van der Waals surface area contributed by atoms with E-state index in [9.17, 15) is 4.79 Å². The molecule has 1 saturated heterocycles. The average molecular weight is 345 g/mol. The van der Waals surface area contributed by atoms with Gasteiger partial charge in [0.2, 0.25) is 5.91 Å². The van der Waals surface area contributed by atoms with Crippen LogP contribution in [-0.4, -0.2) is 18.6 Å². The second-order valence-electron chi connectivity index (χ2n) is 5.06. The standard InChI is InChI=1S/C14H15BrClNO2/c15-14(12-3-1-2-4-19-12)9-5-8-6-13(18)17-11(8)7-10(9)16/h5,7,12,14H,1-4,6H2,(H,17,18). The minimum absolute atomic E-state index is 0.0308. The van der Waals surface area contributed by atoms with Crippen molar-refractivity contribution in [2.24, 2.45) is 0 Å². The Morgan fingerprint density at radius 1 is 1.42 bits per heavy atom. The largest absolute Gasteiger partial charge is 0.377 e. The van der Waals surface area contributed by atoms with Gasteiger partial charge in [-0.1, -0.05) is 33.6 Å². The van der Waals surface area contributed by atoms with Crippen molar-refractivity contribution in [3.8, 4) is 0 Å². The number of fused-ring (bicyclic) bond motifs is 1. The van der Waals surface area contributed by atoms with Crippen molar-refractivity contribution in [2.75, 3.05) is 11.9 Å². The first-order valence-electron chi connectivity index (χ1n) is 6.53. The Balaban J connectivity index is 1.88. The second kappa shape index (κ2) is 5.43. The molecule has 1 fully saturated rings. The number of carbonyl (C=O) groups excluding carboxylic acids is 1. The molecule has 0 spiro atoms.